The average molecular weight is 361 g/mol. The summed E-state index contributed by atoms with van der Waals surface area (Å²) in [4.78, 5) is 27.1. The Morgan fingerprint density at radius 1 is 1.08 bits per heavy atom. The highest BCUT2D eigenvalue weighted by atomic mass is 32.2. The summed E-state index contributed by atoms with van der Waals surface area (Å²) in [6.45, 7) is 3.71. The van der Waals surface area contributed by atoms with Gasteiger partial charge in [0.2, 0.25) is 0 Å². The van der Waals surface area contributed by atoms with Gasteiger partial charge in [-0.1, -0.05) is 44.2 Å². The SMILES string of the molecule is CSc1ccccc1C(=O)N1N(C2CCCCCCC2)C(=O)C1(C)C. The fraction of sp³-hybridized carbons (Fsp3) is 0.600. The minimum atomic E-state index is -0.759. The molecule has 2 amide bonds. The highest BCUT2D eigenvalue weighted by Crippen LogP contribution is 2.38. The fourth-order valence-electron chi connectivity index (χ4n) is 3.98. The van der Waals surface area contributed by atoms with E-state index in [1.165, 1.54) is 19.3 Å². The van der Waals surface area contributed by atoms with E-state index in [9.17, 15) is 9.59 Å². The third-order valence-corrected chi connectivity index (χ3v) is 6.22. The van der Waals surface area contributed by atoms with E-state index in [0.717, 1.165) is 30.6 Å². The number of hydrazine groups is 1. The summed E-state index contributed by atoms with van der Waals surface area (Å²) in [6, 6.07) is 7.82. The van der Waals surface area contributed by atoms with E-state index >= 15 is 0 Å². The molecule has 1 saturated heterocycles. The van der Waals surface area contributed by atoms with E-state index in [0.29, 0.717) is 5.56 Å². The lowest BCUT2D eigenvalue weighted by Gasteiger charge is -2.58. The number of carbonyl (C=O) groups is 2. The molecule has 2 aliphatic rings. The first kappa shape index (κ1) is 18.3. The third kappa shape index (κ3) is 3.31. The maximum Gasteiger partial charge on any atom is 0.274 e. The van der Waals surface area contributed by atoms with Gasteiger partial charge in [0.1, 0.15) is 5.54 Å². The fourth-order valence-corrected chi connectivity index (χ4v) is 4.57. The van der Waals surface area contributed by atoms with Crippen LogP contribution in [0, 0.1) is 0 Å². The Morgan fingerprint density at radius 3 is 2.32 bits per heavy atom. The van der Waals surface area contributed by atoms with Gasteiger partial charge in [-0.05, 0) is 45.1 Å². The molecule has 136 valence electrons. The van der Waals surface area contributed by atoms with Gasteiger partial charge in [0.25, 0.3) is 11.8 Å². The minimum Gasteiger partial charge on any atom is -0.270 e. The van der Waals surface area contributed by atoms with Crippen molar-refractivity contribution in [3.63, 3.8) is 0 Å². The first-order valence-electron chi connectivity index (χ1n) is 9.29. The summed E-state index contributed by atoms with van der Waals surface area (Å²) in [7, 11) is 0. The lowest BCUT2D eigenvalue weighted by atomic mass is 9.90. The van der Waals surface area contributed by atoms with Gasteiger partial charge in [-0.3, -0.25) is 9.59 Å². The zero-order chi connectivity index (χ0) is 18.0. The number of carbonyl (C=O) groups excluding carboxylic acids is 2. The maximum atomic E-state index is 13.3. The molecule has 0 aromatic heterocycles. The molecule has 1 aromatic carbocycles. The standard InChI is InChI=1S/C20H28N2O2S/c1-20(2)19(24)21(15-11-7-5-4-6-8-12-15)22(20)18(23)16-13-9-10-14-17(16)25-3/h9-10,13-15H,4-8,11-12H2,1-3H3. The van der Waals surface area contributed by atoms with Gasteiger partial charge in [0.05, 0.1) is 11.6 Å². The van der Waals surface area contributed by atoms with Crippen LogP contribution in [0.4, 0.5) is 0 Å². The molecular formula is C20H28N2O2S. The first-order valence-corrected chi connectivity index (χ1v) is 10.5. The van der Waals surface area contributed by atoms with Crippen molar-refractivity contribution in [3.05, 3.63) is 29.8 Å². The van der Waals surface area contributed by atoms with Crippen molar-refractivity contribution >= 4 is 23.6 Å². The van der Waals surface area contributed by atoms with Gasteiger partial charge in [0, 0.05) is 4.90 Å². The number of nitrogens with zero attached hydrogens (tertiary/aromatic N) is 2. The lowest BCUT2D eigenvalue weighted by molar-refractivity contribution is -0.209. The predicted molar refractivity (Wildman–Crippen MR) is 101 cm³/mol. The van der Waals surface area contributed by atoms with Gasteiger partial charge in [-0.15, -0.1) is 11.8 Å². The second-order valence-electron chi connectivity index (χ2n) is 7.52. The molecule has 5 heteroatoms. The molecule has 25 heavy (non-hydrogen) atoms. The van der Waals surface area contributed by atoms with Crippen LogP contribution in [0.2, 0.25) is 0 Å². The topological polar surface area (TPSA) is 40.6 Å². The monoisotopic (exact) mass is 360 g/mol. The number of benzene rings is 1. The first-order chi connectivity index (χ1) is 12.0. The van der Waals surface area contributed by atoms with Gasteiger partial charge in [-0.25, -0.2) is 10.0 Å². The molecule has 1 aliphatic carbocycles. The molecule has 0 radical (unpaired) electrons. The smallest absolute Gasteiger partial charge is 0.270 e. The van der Waals surface area contributed by atoms with Crippen molar-refractivity contribution in [1.82, 2.24) is 10.0 Å². The Kier molecular flexibility index (Phi) is 5.42. The molecule has 1 heterocycles. The molecule has 4 nitrogen and oxygen atoms in total. The van der Waals surface area contributed by atoms with Gasteiger partial charge in [0.15, 0.2) is 0 Å². The molecule has 0 N–H and O–H groups in total. The van der Waals surface area contributed by atoms with Crippen LogP contribution in [0.25, 0.3) is 0 Å². The van der Waals surface area contributed by atoms with Crippen LogP contribution in [0.3, 0.4) is 0 Å². The van der Waals surface area contributed by atoms with Crippen LogP contribution in [-0.4, -0.2) is 39.7 Å². The van der Waals surface area contributed by atoms with Crippen LogP contribution in [0.5, 0.6) is 0 Å². The molecule has 0 spiro atoms. The Labute approximate surface area is 154 Å². The summed E-state index contributed by atoms with van der Waals surface area (Å²) in [5.74, 6) is 0.0182. The largest absolute Gasteiger partial charge is 0.274 e. The van der Waals surface area contributed by atoms with Crippen molar-refractivity contribution in [2.24, 2.45) is 0 Å². The van der Waals surface area contributed by atoms with Crippen LogP contribution in [0.15, 0.2) is 29.2 Å². The number of rotatable bonds is 3. The van der Waals surface area contributed by atoms with Crippen LogP contribution >= 0.6 is 11.8 Å². The van der Waals surface area contributed by atoms with E-state index in [4.69, 9.17) is 0 Å². The number of thioether (sulfide) groups is 1. The molecule has 1 saturated carbocycles. The number of amides is 2. The molecule has 0 bridgehead atoms. The second kappa shape index (κ2) is 7.40. The van der Waals surface area contributed by atoms with E-state index in [1.54, 1.807) is 21.8 Å². The minimum absolute atomic E-state index is 0.0587. The van der Waals surface area contributed by atoms with Crippen molar-refractivity contribution in [2.75, 3.05) is 6.26 Å². The highest BCUT2D eigenvalue weighted by molar-refractivity contribution is 7.98. The lowest BCUT2D eigenvalue weighted by Crippen LogP contribution is -2.78. The van der Waals surface area contributed by atoms with E-state index < -0.39 is 5.54 Å². The van der Waals surface area contributed by atoms with Crippen LogP contribution in [-0.2, 0) is 4.79 Å². The second-order valence-corrected chi connectivity index (χ2v) is 8.37. The van der Waals surface area contributed by atoms with E-state index in [-0.39, 0.29) is 17.9 Å². The van der Waals surface area contributed by atoms with Crippen molar-refractivity contribution in [3.8, 4) is 0 Å². The summed E-state index contributed by atoms with van der Waals surface area (Å²) in [5.41, 5.74) is -0.0725. The number of hydrogen-bond donors (Lipinski definition) is 0. The molecule has 2 fully saturated rings. The summed E-state index contributed by atoms with van der Waals surface area (Å²) in [5, 5.41) is 3.49. The maximum absolute atomic E-state index is 13.3. The quantitative estimate of drug-likeness (QED) is 0.745. The summed E-state index contributed by atoms with van der Waals surface area (Å²) < 4.78 is 0. The zero-order valence-electron chi connectivity index (χ0n) is 15.5. The highest BCUT2D eigenvalue weighted by Gasteiger charge is 2.57. The zero-order valence-corrected chi connectivity index (χ0v) is 16.3. The molecule has 0 unspecified atom stereocenters. The van der Waals surface area contributed by atoms with Crippen molar-refractivity contribution in [1.29, 1.82) is 0 Å². The van der Waals surface area contributed by atoms with Gasteiger partial charge >= 0.3 is 0 Å². The molecule has 0 atom stereocenters. The average Bonchev–Trinajstić information content (AvgIpc) is 2.59. The van der Waals surface area contributed by atoms with Gasteiger partial charge < -0.3 is 0 Å². The van der Waals surface area contributed by atoms with E-state index in [2.05, 4.69) is 0 Å². The predicted octanol–water partition coefficient (Wildman–Crippen LogP) is 4.50. The van der Waals surface area contributed by atoms with Crippen molar-refractivity contribution < 1.29 is 9.59 Å². The third-order valence-electron chi connectivity index (χ3n) is 5.43. The Balaban J connectivity index is 1.88. The summed E-state index contributed by atoms with van der Waals surface area (Å²) >= 11 is 1.57. The Bertz CT molecular complexity index is 651. The van der Waals surface area contributed by atoms with Gasteiger partial charge in [-0.2, -0.15) is 0 Å². The normalized spacial score (nSPS) is 21.5. The molecule has 3 rings (SSSR count). The summed E-state index contributed by atoms with van der Waals surface area (Å²) in [6.07, 6.45) is 9.99. The Morgan fingerprint density at radius 2 is 1.68 bits per heavy atom. The number of hydrogen-bond acceptors (Lipinski definition) is 3. The van der Waals surface area contributed by atoms with Crippen LogP contribution < -0.4 is 0 Å². The van der Waals surface area contributed by atoms with E-state index in [1.807, 2.05) is 44.4 Å². The van der Waals surface area contributed by atoms with Crippen molar-refractivity contribution in [2.45, 2.75) is 75.3 Å². The van der Waals surface area contributed by atoms with Crippen LogP contribution in [0.1, 0.15) is 69.2 Å². The molecular weight excluding hydrogens is 332 g/mol. The Hall–Kier alpha value is -1.49. The molecule has 1 aromatic rings. The molecule has 1 aliphatic heterocycles.